The zero-order chi connectivity index (χ0) is 27.1. The maximum atomic E-state index is 13.7. The first-order valence-corrected chi connectivity index (χ1v) is 13.4. The SMILES string of the molecule is CNC(=O)c1c(NC(=O)c2cc3c(=O)n4ccccc4nc3n(Cc3cccnc3)c2=N)sc2c1CCCC2. The lowest BCUT2D eigenvalue weighted by atomic mass is 9.95. The van der Waals surface area contributed by atoms with Gasteiger partial charge in [-0.1, -0.05) is 12.1 Å². The second kappa shape index (κ2) is 9.91. The van der Waals surface area contributed by atoms with Gasteiger partial charge in [0.1, 0.15) is 21.8 Å². The fourth-order valence-corrected chi connectivity index (χ4v) is 6.36. The molecule has 1 aliphatic rings. The van der Waals surface area contributed by atoms with E-state index in [9.17, 15) is 14.4 Å². The van der Waals surface area contributed by atoms with Gasteiger partial charge in [-0.2, -0.15) is 0 Å². The van der Waals surface area contributed by atoms with E-state index in [1.807, 2.05) is 6.07 Å². The Morgan fingerprint density at radius 1 is 1.13 bits per heavy atom. The average molecular weight is 540 g/mol. The third-order valence-corrected chi connectivity index (χ3v) is 8.19. The molecule has 0 saturated heterocycles. The maximum Gasteiger partial charge on any atom is 0.267 e. The minimum Gasteiger partial charge on any atom is -0.355 e. The van der Waals surface area contributed by atoms with Crippen molar-refractivity contribution in [3.05, 3.63) is 98.0 Å². The van der Waals surface area contributed by atoms with Gasteiger partial charge in [-0.25, -0.2) is 4.98 Å². The Labute approximate surface area is 226 Å². The first-order chi connectivity index (χ1) is 19.0. The molecule has 3 N–H and O–H groups in total. The molecule has 1 aliphatic carbocycles. The highest BCUT2D eigenvalue weighted by Crippen LogP contribution is 2.38. The second-order valence-corrected chi connectivity index (χ2v) is 10.5. The number of aromatic nitrogens is 4. The molecular weight excluding hydrogens is 514 g/mol. The lowest BCUT2D eigenvalue weighted by Gasteiger charge is -2.15. The normalized spacial score (nSPS) is 12.8. The number of amides is 2. The lowest BCUT2D eigenvalue weighted by Crippen LogP contribution is -2.32. The van der Waals surface area contributed by atoms with Gasteiger partial charge in [0.25, 0.3) is 17.4 Å². The first-order valence-electron chi connectivity index (χ1n) is 12.6. The van der Waals surface area contributed by atoms with Crippen LogP contribution in [0.1, 0.15) is 49.6 Å². The summed E-state index contributed by atoms with van der Waals surface area (Å²) in [4.78, 5) is 50.0. The Balaban J connectivity index is 1.52. The van der Waals surface area contributed by atoms with E-state index in [0.29, 0.717) is 21.9 Å². The van der Waals surface area contributed by atoms with Crippen LogP contribution < -0.4 is 21.7 Å². The quantitative estimate of drug-likeness (QED) is 0.295. The van der Waals surface area contributed by atoms with Gasteiger partial charge >= 0.3 is 0 Å². The summed E-state index contributed by atoms with van der Waals surface area (Å²) in [6, 6.07) is 10.3. The summed E-state index contributed by atoms with van der Waals surface area (Å²) in [6.45, 7) is 0.191. The summed E-state index contributed by atoms with van der Waals surface area (Å²) < 4.78 is 2.97. The molecule has 0 saturated carbocycles. The van der Waals surface area contributed by atoms with Crippen molar-refractivity contribution in [1.29, 1.82) is 5.41 Å². The molecule has 0 aromatic carbocycles. The highest BCUT2D eigenvalue weighted by Gasteiger charge is 2.27. The average Bonchev–Trinajstić information content (AvgIpc) is 3.32. The minimum atomic E-state index is -0.567. The van der Waals surface area contributed by atoms with E-state index in [4.69, 9.17) is 5.41 Å². The number of carbonyl (C=O) groups is 2. The topological polar surface area (TPSA) is 134 Å². The van der Waals surface area contributed by atoms with Crippen molar-refractivity contribution in [3.8, 4) is 0 Å². The third kappa shape index (κ3) is 4.30. The maximum absolute atomic E-state index is 13.7. The predicted molar refractivity (Wildman–Crippen MR) is 148 cm³/mol. The Kier molecular flexibility index (Phi) is 6.27. The minimum absolute atomic E-state index is 0.00963. The monoisotopic (exact) mass is 539 g/mol. The van der Waals surface area contributed by atoms with Crippen LogP contribution in [-0.4, -0.2) is 37.8 Å². The summed E-state index contributed by atoms with van der Waals surface area (Å²) in [5, 5.41) is 15.3. The van der Waals surface area contributed by atoms with Crippen LogP contribution in [0.2, 0.25) is 0 Å². The predicted octanol–water partition coefficient (Wildman–Crippen LogP) is 3.12. The Morgan fingerprint density at radius 3 is 2.77 bits per heavy atom. The van der Waals surface area contributed by atoms with E-state index >= 15 is 0 Å². The number of pyridine rings is 3. The number of carbonyl (C=O) groups excluding carboxylic acids is 2. The van der Waals surface area contributed by atoms with Crippen molar-refractivity contribution < 1.29 is 9.59 Å². The summed E-state index contributed by atoms with van der Waals surface area (Å²) in [5.74, 6) is -0.821. The molecule has 5 aromatic heterocycles. The number of aryl methyl sites for hydroxylation is 1. The van der Waals surface area contributed by atoms with Gasteiger partial charge in [-0.15, -0.1) is 11.3 Å². The number of anilines is 1. The standard InChI is InChI=1S/C28H25N7O3S/c1-30-26(37)22-17-8-2-3-9-20(17)39-27(22)33-25(36)18-13-19-24(32-21-10-4-5-12-34(21)28(19)38)35(23(18)29)15-16-7-6-11-31-14-16/h4-7,10-14,29H,2-3,8-9,15H2,1H3,(H,30,37)(H,33,36). The molecule has 0 atom stereocenters. The molecule has 6 rings (SSSR count). The van der Waals surface area contributed by atoms with Crippen LogP contribution in [0.4, 0.5) is 5.00 Å². The van der Waals surface area contributed by atoms with Crippen molar-refractivity contribution in [3.63, 3.8) is 0 Å². The van der Waals surface area contributed by atoms with Gasteiger partial charge < -0.3 is 15.2 Å². The molecule has 0 aliphatic heterocycles. The van der Waals surface area contributed by atoms with Gasteiger partial charge in [0.05, 0.1) is 23.1 Å². The number of nitrogens with one attached hydrogen (secondary N) is 3. The van der Waals surface area contributed by atoms with E-state index in [1.165, 1.54) is 21.8 Å². The summed E-state index contributed by atoms with van der Waals surface area (Å²) in [7, 11) is 1.57. The van der Waals surface area contributed by atoms with Gasteiger partial charge in [0.15, 0.2) is 0 Å². The van der Waals surface area contributed by atoms with Gasteiger partial charge in [0, 0.05) is 30.5 Å². The van der Waals surface area contributed by atoms with E-state index in [0.717, 1.165) is 41.7 Å². The largest absolute Gasteiger partial charge is 0.355 e. The molecule has 196 valence electrons. The van der Waals surface area contributed by atoms with E-state index in [1.54, 1.807) is 54.5 Å². The van der Waals surface area contributed by atoms with Crippen molar-refractivity contribution in [2.45, 2.75) is 32.2 Å². The Bertz CT molecular complexity index is 1890. The molecule has 5 heterocycles. The van der Waals surface area contributed by atoms with Crippen LogP contribution in [-0.2, 0) is 19.4 Å². The molecule has 0 radical (unpaired) electrons. The summed E-state index contributed by atoms with van der Waals surface area (Å²) in [5.41, 5.74) is 2.55. The van der Waals surface area contributed by atoms with Crippen LogP contribution in [0.3, 0.4) is 0 Å². The van der Waals surface area contributed by atoms with E-state index in [2.05, 4.69) is 20.6 Å². The van der Waals surface area contributed by atoms with Crippen LogP contribution in [0.25, 0.3) is 16.7 Å². The number of nitrogens with zero attached hydrogens (tertiary/aromatic N) is 4. The van der Waals surface area contributed by atoms with E-state index < -0.39 is 5.91 Å². The number of rotatable bonds is 5. The molecule has 11 heteroatoms. The van der Waals surface area contributed by atoms with E-state index in [-0.39, 0.29) is 34.4 Å². The molecule has 0 bridgehead atoms. The Morgan fingerprint density at radius 2 is 1.97 bits per heavy atom. The van der Waals surface area contributed by atoms with Gasteiger partial charge in [0.2, 0.25) is 0 Å². The molecule has 0 unspecified atom stereocenters. The molecule has 10 nitrogen and oxygen atoms in total. The molecule has 0 spiro atoms. The number of thiophene rings is 1. The highest BCUT2D eigenvalue weighted by molar-refractivity contribution is 7.17. The van der Waals surface area contributed by atoms with Crippen molar-refractivity contribution >= 4 is 44.8 Å². The van der Waals surface area contributed by atoms with Crippen molar-refractivity contribution in [2.24, 2.45) is 0 Å². The molecule has 0 fully saturated rings. The first kappa shape index (κ1) is 24.7. The Hall–Kier alpha value is -4.64. The van der Waals surface area contributed by atoms with Crippen molar-refractivity contribution in [2.75, 3.05) is 12.4 Å². The fraction of sp³-hybridized carbons (Fsp3) is 0.214. The molecule has 2 amide bonds. The number of hydrogen-bond donors (Lipinski definition) is 3. The van der Waals surface area contributed by atoms with Crippen LogP contribution in [0.5, 0.6) is 0 Å². The number of fused-ring (bicyclic) bond motifs is 3. The van der Waals surface area contributed by atoms with Gasteiger partial charge in [-0.05, 0) is 61.1 Å². The highest BCUT2D eigenvalue weighted by atomic mass is 32.1. The summed E-state index contributed by atoms with van der Waals surface area (Å²) in [6.07, 6.45) is 8.61. The zero-order valence-electron chi connectivity index (χ0n) is 21.2. The van der Waals surface area contributed by atoms with Crippen molar-refractivity contribution in [1.82, 2.24) is 24.3 Å². The molecule has 39 heavy (non-hydrogen) atoms. The molecular formula is C28H25N7O3S. The summed E-state index contributed by atoms with van der Waals surface area (Å²) >= 11 is 1.40. The second-order valence-electron chi connectivity index (χ2n) is 9.39. The smallest absolute Gasteiger partial charge is 0.267 e. The lowest BCUT2D eigenvalue weighted by molar-refractivity contribution is 0.0963. The van der Waals surface area contributed by atoms with Crippen LogP contribution in [0, 0.1) is 5.41 Å². The fourth-order valence-electron chi connectivity index (χ4n) is 5.08. The van der Waals surface area contributed by atoms with Gasteiger partial charge in [-0.3, -0.25) is 29.2 Å². The zero-order valence-corrected chi connectivity index (χ0v) is 22.0. The third-order valence-electron chi connectivity index (χ3n) is 6.98. The van der Waals surface area contributed by atoms with Crippen LogP contribution in [0.15, 0.2) is 59.8 Å². The van der Waals surface area contributed by atoms with Crippen LogP contribution >= 0.6 is 11.3 Å². The number of hydrogen-bond acceptors (Lipinski definition) is 7. The molecule has 5 aromatic rings.